The van der Waals surface area contributed by atoms with Gasteiger partial charge in [-0.15, -0.1) is 0 Å². The Bertz CT molecular complexity index is 1110. The molecule has 1 atom stereocenters. The molecule has 170 valence electrons. The lowest BCUT2D eigenvalue weighted by atomic mass is 10.1. The van der Waals surface area contributed by atoms with Crippen molar-refractivity contribution in [1.82, 2.24) is 14.9 Å². The average molecular weight is 445 g/mol. The third-order valence-electron chi connectivity index (χ3n) is 5.88. The van der Waals surface area contributed by atoms with Crippen molar-refractivity contribution in [3.05, 3.63) is 77.6 Å². The fourth-order valence-corrected chi connectivity index (χ4v) is 3.86. The molecule has 1 saturated heterocycles. The van der Waals surface area contributed by atoms with Gasteiger partial charge in [-0.1, -0.05) is 42.5 Å². The fourth-order valence-electron chi connectivity index (χ4n) is 3.86. The average Bonchev–Trinajstić information content (AvgIpc) is 3.35. The molecule has 3 aromatic rings. The summed E-state index contributed by atoms with van der Waals surface area (Å²) in [6.45, 7) is 4.91. The quantitative estimate of drug-likeness (QED) is 0.595. The first-order valence-electron chi connectivity index (χ1n) is 11.2. The summed E-state index contributed by atoms with van der Waals surface area (Å²) < 4.78 is 5.72. The summed E-state index contributed by atoms with van der Waals surface area (Å²) in [4.78, 5) is 36.4. The third kappa shape index (κ3) is 5.62. The number of nitrogens with zero attached hydrogens (tertiary/aromatic N) is 3. The predicted molar refractivity (Wildman–Crippen MR) is 127 cm³/mol. The molecule has 2 heterocycles. The smallest absolute Gasteiger partial charge is 0.257 e. The highest BCUT2D eigenvalue weighted by atomic mass is 16.5. The summed E-state index contributed by atoms with van der Waals surface area (Å²) in [5.74, 6) is 0.00332. The van der Waals surface area contributed by atoms with Crippen molar-refractivity contribution in [2.75, 3.05) is 25.0 Å². The highest BCUT2D eigenvalue weighted by Crippen LogP contribution is 2.19. The molecule has 2 amide bonds. The largest absolute Gasteiger partial charge is 0.376 e. The molecule has 1 unspecified atom stereocenters. The number of aryl methyl sites for hydroxylation is 1. The van der Waals surface area contributed by atoms with Crippen LogP contribution in [0.4, 0.5) is 5.69 Å². The molecular weight excluding hydrogens is 416 g/mol. The standard InChI is InChI=1S/C26H28N4O3/c1-18-8-6-12-23(19(18)2)29-24(31)17-30(16-22-11-7-13-33-22)26(32)21-14-27-25(28-15-21)20-9-4-3-5-10-20/h3-6,8-10,12,14-15,22H,7,11,13,16-17H2,1-2H3,(H,29,31). The van der Waals surface area contributed by atoms with Gasteiger partial charge in [-0.2, -0.15) is 0 Å². The number of rotatable bonds is 7. The molecule has 0 bridgehead atoms. The maximum Gasteiger partial charge on any atom is 0.257 e. The summed E-state index contributed by atoms with van der Waals surface area (Å²) in [5.41, 5.74) is 4.07. The van der Waals surface area contributed by atoms with Crippen LogP contribution in [0.3, 0.4) is 0 Å². The Morgan fingerprint density at radius 3 is 2.52 bits per heavy atom. The van der Waals surface area contributed by atoms with E-state index in [2.05, 4.69) is 15.3 Å². The molecule has 33 heavy (non-hydrogen) atoms. The van der Waals surface area contributed by atoms with Gasteiger partial charge in [0.05, 0.1) is 11.7 Å². The maximum atomic E-state index is 13.3. The summed E-state index contributed by atoms with van der Waals surface area (Å²) in [5, 5.41) is 2.94. The number of anilines is 1. The summed E-state index contributed by atoms with van der Waals surface area (Å²) in [6, 6.07) is 15.3. The van der Waals surface area contributed by atoms with Crippen molar-refractivity contribution in [3.8, 4) is 11.4 Å². The Morgan fingerprint density at radius 1 is 1.06 bits per heavy atom. The number of carbonyl (C=O) groups excluding carboxylic acids is 2. The zero-order chi connectivity index (χ0) is 23.2. The van der Waals surface area contributed by atoms with Crippen LogP contribution in [-0.4, -0.2) is 52.5 Å². The van der Waals surface area contributed by atoms with Gasteiger partial charge in [0.25, 0.3) is 5.91 Å². The number of carbonyl (C=O) groups is 2. The van der Waals surface area contributed by atoms with Crippen molar-refractivity contribution < 1.29 is 14.3 Å². The highest BCUT2D eigenvalue weighted by Gasteiger charge is 2.26. The number of hydrogen-bond acceptors (Lipinski definition) is 5. The van der Waals surface area contributed by atoms with Gasteiger partial charge in [0.1, 0.15) is 6.54 Å². The lowest BCUT2D eigenvalue weighted by Crippen LogP contribution is -2.42. The highest BCUT2D eigenvalue weighted by molar-refractivity contribution is 5.99. The van der Waals surface area contributed by atoms with Crippen LogP contribution in [0, 0.1) is 13.8 Å². The predicted octanol–water partition coefficient (Wildman–Crippen LogP) is 4.02. The van der Waals surface area contributed by atoms with Gasteiger partial charge in [-0.05, 0) is 43.9 Å². The van der Waals surface area contributed by atoms with Crippen LogP contribution in [0.15, 0.2) is 60.9 Å². The Kier molecular flexibility index (Phi) is 7.10. The third-order valence-corrected chi connectivity index (χ3v) is 5.88. The number of amides is 2. The molecule has 0 saturated carbocycles. The minimum absolute atomic E-state index is 0.0769. The molecular formula is C26H28N4O3. The summed E-state index contributed by atoms with van der Waals surface area (Å²) in [7, 11) is 0. The summed E-state index contributed by atoms with van der Waals surface area (Å²) >= 11 is 0. The van der Waals surface area contributed by atoms with Crippen molar-refractivity contribution >= 4 is 17.5 Å². The van der Waals surface area contributed by atoms with Crippen LogP contribution in [0.2, 0.25) is 0 Å². The van der Waals surface area contributed by atoms with Gasteiger partial charge in [-0.25, -0.2) is 9.97 Å². The van der Waals surface area contributed by atoms with E-state index in [0.717, 1.165) is 35.2 Å². The van der Waals surface area contributed by atoms with Crippen molar-refractivity contribution in [2.45, 2.75) is 32.8 Å². The Balaban J connectivity index is 1.50. The molecule has 1 aliphatic rings. The molecule has 7 nitrogen and oxygen atoms in total. The molecule has 0 aliphatic carbocycles. The Labute approximate surface area is 193 Å². The lowest BCUT2D eigenvalue weighted by molar-refractivity contribution is -0.117. The lowest BCUT2D eigenvalue weighted by Gasteiger charge is -2.25. The van der Waals surface area contributed by atoms with E-state index in [0.29, 0.717) is 24.5 Å². The minimum atomic E-state index is -0.291. The first-order chi connectivity index (χ1) is 16.0. The Hall–Kier alpha value is -3.58. The molecule has 7 heteroatoms. The van der Waals surface area contributed by atoms with Crippen LogP contribution in [0.1, 0.15) is 34.3 Å². The first-order valence-corrected chi connectivity index (χ1v) is 11.2. The van der Waals surface area contributed by atoms with E-state index < -0.39 is 0 Å². The van der Waals surface area contributed by atoms with Crippen molar-refractivity contribution in [2.24, 2.45) is 0 Å². The normalized spacial score (nSPS) is 15.3. The molecule has 2 aromatic carbocycles. The van der Waals surface area contributed by atoms with Gasteiger partial charge in [0.15, 0.2) is 5.82 Å². The molecule has 1 fully saturated rings. The van der Waals surface area contributed by atoms with Gasteiger partial charge in [0, 0.05) is 36.8 Å². The summed E-state index contributed by atoms with van der Waals surface area (Å²) in [6.07, 6.45) is 4.78. The zero-order valence-electron chi connectivity index (χ0n) is 19.0. The first kappa shape index (κ1) is 22.6. The van der Waals surface area contributed by atoms with Gasteiger partial charge < -0.3 is 15.0 Å². The zero-order valence-corrected chi connectivity index (χ0v) is 19.0. The molecule has 1 aromatic heterocycles. The van der Waals surface area contributed by atoms with Crippen molar-refractivity contribution in [1.29, 1.82) is 0 Å². The molecule has 0 radical (unpaired) electrons. The number of hydrogen-bond donors (Lipinski definition) is 1. The monoisotopic (exact) mass is 444 g/mol. The number of nitrogens with one attached hydrogen (secondary N) is 1. The second-order valence-electron chi connectivity index (χ2n) is 8.28. The SMILES string of the molecule is Cc1cccc(NC(=O)CN(CC2CCCO2)C(=O)c2cnc(-c3ccccc3)nc2)c1C. The molecule has 0 spiro atoms. The van der Waals surface area contributed by atoms with Crippen LogP contribution < -0.4 is 5.32 Å². The number of aromatic nitrogens is 2. The number of ether oxygens (including phenoxy) is 1. The van der Waals surface area contributed by atoms with E-state index in [1.807, 2.05) is 62.4 Å². The van der Waals surface area contributed by atoms with E-state index in [9.17, 15) is 9.59 Å². The number of benzene rings is 2. The van der Waals surface area contributed by atoms with Crippen LogP contribution >= 0.6 is 0 Å². The topological polar surface area (TPSA) is 84.4 Å². The second kappa shape index (κ2) is 10.4. The minimum Gasteiger partial charge on any atom is -0.376 e. The van der Waals surface area contributed by atoms with E-state index >= 15 is 0 Å². The Morgan fingerprint density at radius 2 is 1.82 bits per heavy atom. The van der Waals surface area contributed by atoms with E-state index in [-0.39, 0.29) is 24.5 Å². The maximum absolute atomic E-state index is 13.3. The van der Waals surface area contributed by atoms with E-state index in [4.69, 9.17) is 4.74 Å². The molecule has 1 aliphatic heterocycles. The second-order valence-corrected chi connectivity index (χ2v) is 8.28. The van der Waals surface area contributed by atoms with Gasteiger partial charge in [-0.3, -0.25) is 9.59 Å². The van der Waals surface area contributed by atoms with Gasteiger partial charge in [0.2, 0.25) is 5.91 Å². The van der Waals surface area contributed by atoms with Gasteiger partial charge >= 0.3 is 0 Å². The van der Waals surface area contributed by atoms with Crippen LogP contribution in [0.5, 0.6) is 0 Å². The van der Waals surface area contributed by atoms with Crippen LogP contribution in [0.25, 0.3) is 11.4 Å². The fraction of sp³-hybridized carbons (Fsp3) is 0.308. The van der Waals surface area contributed by atoms with E-state index in [1.54, 1.807) is 0 Å². The van der Waals surface area contributed by atoms with E-state index in [1.165, 1.54) is 17.3 Å². The van der Waals surface area contributed by atoms with Crippen molar-refractivity contribution in [3.63, 3.8) is 0 Å². The molecule has 4 rings (SSSR count). The molecule has 1 N–H and O–H groups in total. The van der Waals surface area contributed by atoms with Crippen LogP contribution in [-0.2, 0) is 9.53 Å².